The van der Waals surface area contributed by atoms with E-state index in [-0.39, 0.29) is 11.4 Å². The Hall–Kier alpha value is -2.71. The van der Waals surface area contributed by atoms with E-state index >= 15 is 0 Å². The molecule has 0 N–H and O–H groups in total. The van der Waals surface area contributed by atoms with Gasteiger partial charge in [-0.25, -0.2) is 9.37 Å². The number of hydrogen-bond donors (Lipinski definition) is 0. The van der Waals surface area contributed by atoms with Crippen molar-refractivity contribution in [2.75, 3.05) is 19.7 Å². The normalized spacial score (nSPS) is 21.4. The van der Waals surface area contributed by atoms with Crippen molar-refractivity contribution in [1.82, 2.24) is 25.0 Å². The first-order valence-corrected chi connectivity index (χ1v) is 10.9. The molecule has 31 heavy (non-hydrogen) atoms. The number of aromatic nitrogens is 4. The minimum absolute atomic E-state index is 0.0743. The van der Waals surface area contributed by atoms with Crippen molar-refractivity contribution in [2.45, 2.75) is 44.2 Å². The topological polar surface area (TPSA) is 77.2 Å². The number of ether oxygens (including phenoxy) is 1. The van der Waals surface area contributed by atoms with Crippen molar-refractivity contribution in [3.63, 3.8) is 0 Å². The van der Waals surface area contributed by atoms with Crippen LogP contribution >= 0.6 is 0 Å². The Balaban J connectivity index is 1.17. The molecule has 0 aliphatic carbocycles. The Labute approximate surface area is 180 Å². The molecule has 7 nitrogen and oxygen atoms in total. The zero-order chi connectivity index (χ0) is 21.1. The van der Waals surface area contributed by atoms with Crippen molar-refractivity contribution in [3.05, 3.63) is 60.1 Å². The molecule has 2 fully saturated rings. The van der Waals surface area contributed by atoms with Crippen molar-refractivity contribution < 1.29 is 13.7 Å². The summed E-state index contributed by atoms with van der Waals surface area (Å²) in [7, 11) is 0. The predicted octanol–water partition coefficient (Wildman–Crippen LogP) is 3.67. The van der Waals surface area contributed by atoms with Gasteiger partial charge >= 0.3 is 0 Å². The van der Waals surface area contributed by atoms with Crippen molar-refractivity contribution in [3.8, 4) is 11.5 Å². The van der Waals surface area contributed by atoms with E-state index < -0.39 is 0 Å². The molecule has 4 heterocycles. The highest BCUT2D eigenvalue weighted by Gasteiger charge is 2.40. The maximum Gasteiger partial charge on any atom is 0.227 e. The third-order valence-electron chi connectivity index (χ3n) is 6.38. The fraction of sp³-hybridized carbons (Fsp3) is 0.478. The fourth-order valence-corrected chi connectivity index (χ4v) is 4.77. The molecule has 1 unspecified atom stereocenters. The molecule has 5 rings (SSSR count). The number of likely N-dealkylation sites (tertiary alicyclic amines) is 1. The number of hydrogen-bond acceptors (Lipinski definition) is 7. The summed E-state index contributed by atoms with van der Waals surface area (Å²) in [5, 5.41) is 4.06. The molecule has 1 atom stereocenters. The van der Waals surface area contributed by atoms with Gasteiger partial charge in [-0.3, -0.25) is 9.88 Å². The molecule has 2 saturated heterocycles. The summed E-state index contributed by atoms with van der Waals surface area (Å²) >= 11 is 0. The lowest BCUT2D eigenvalue weighted by Crippen LogP contribution is -2.49. The van der Waals surface area contributed by atoms with Gasteiger partial charge in [0.1, 0.15) is 11.5 Å². The number of benzene rings is 1. The van der Waals surface area contributed by atoms with Crippen molar-refractivity contribution >= 4 is 0 Å². The van der Waals surface area contributed by atoms with Crippen LogP contribution in [0.25, 0.3) is 11.5 Å². The zero-order valence-electron chi connectivity index (χ0n) is 17.4. The zero-order valence-corrected chi connectivity index (χ0v) is 17.4. The lowest BCUT2D eigenvalue weighted by Gasteiger charge is -2.46. The fourth-order valence-electron chi connectivity index (χ4n) is 4.77. The summed E-state index contributed by atoms with van der Waals surface area (Å²) in [5.41, 5.74) is 1.56. The molecular weight excluding hydrogens is 397 g/mol. The van der Waals surface area contributed by atoms with Gasteiger partial charge in [-0.2, -0.15) is 4.98 Å². The Morgan fingerprint density at radius 1 is 1.19 bits per heavy atom. The first kappa shape index (κ1) is 20.2. The smallest absolute Gasteiger partial charge is 0.227 e. The number of rotatable bonds is 5. The second kappa shape index (κ2) is 8.80. The third kappa shape index (κ3) is 4.80. The van der Waals surface area contributed by atoms with Crippen molar-refractivity contribution in [1.29, 1.82) is 0 Å². The van der Waals surface area contributed by atoms with E-state index in [0.29, 0.717) is 23.3 Å². The molecule has 2 aliphatic rings. The molecule has 2 aliphatic heterocycles. The van der Waals surface area contributed by atoms with Crippen LogP contribution < -0.4 is 0 Å². The number of nitrogens with zero attached hydrogens (tertiary/aromatic N) is 5. The average molecular weight is 423 g/mol. The van der Waals surface area contributed by atoms with Crippen LogP contribution in [0.1, 0.15) is 37.1 Å². The monoisotopic (exact) mass is 423 g/mol. The highest BCUT2D eigenvalue weighted by Crippen LogP contribution is 2.39. The van der Waals surface area contributed by atoms with E-state index in [1.807, 2.05) is 6.07 Å². The summed E-state index contributed by atoms with van der Waals surface area (Å²) < 4.78 is 25.2. The van der Waals surface area contributed by atoms with Gasteiger partial charge in [0.05, 0.1) is 11.8 Å². The van der Waals surface area contributed by atoms with Gasteiger partial charge < -0.3 is 9.26 Å². The summed E-state index contributed by atoms with van der Waals surface area (Å²) in [4.78, 5) is 15.2. The third-order valence-corrected chi connectivity index (χ3v) is 6.38. The number of piperidine rings is 1. The van der Waals surface area contributed by atoms with E-state index in [1.54, 1.807) is 30.7 Å². The van der Waals surface area contributed by atoms with E-state index in [0.717, 1.165) is 63.9 Å². The van der Waals surface area contributed by atoms with Crippen LogP contribution in [-0.2, 0) is 17.7 Å². The molecule has 2 aromatic heterocycles. The Bertz CT molecular complexity index is 1000. The molecule has 8 heteroatoms. The summed E-state index contributed by atoms with van der Waals surface area (Å²) in [6, 6.07) is 6.88. The van der Waals surface area contributed by atoms with Crippen LogP contribution in [0.5, 0.6) is 0 Å². The van der Waals surface area contributed by atoms with Crippen LogP contribution in [0.3, 0.4) is 0 Å². The van der Waals surface area contributed by atoms with Gasteiger partial charge in [-0.15, -0.1) is 0 Å². The summed E-state index contributed by atoms with van der Waals surface area (Å²) in [6.45, 7) is 3.46. The number of halogens is 1. The van der Waals surface area contributed by atoms with Crippen LogP contribution in [-0.4, -0.2) is 50.3 Å². The van der Waals surface area contributed by atoms with Gasteiger partial charge in [0.15, 0.2) is 0 Å². The Morgan fingerprint density at radius 3 is 2.90 bits per heavy atom. The molecule has 162 valence electrons. The van der Waals surface area contributed by atoms with Crippen molar-refractivity contribution in [2.24, 2.45) is 5.92 Å². The molecule has 0 radical (unpaired) electrons. The summed E-state index contributed by atoms with van der Waals surface area (Å²) in [5.74, 6) is 1.41. The lowest BCUT2D eigenvalue weighted by atomic mass is 9.78. The second-order valence-corrected chi connectivity index (χ2v) is 8.60. The van der Waals surface area contributed by atoms with Gasteiger partial charge in [0, 0.05) is 45.1 Å². The Morgan fingerprint density at radius 2 is 2.10 bits per heavy atom. The second-order valence-electron chi connectivity index (χ2n) is 8.60. The van der Waals surface area contributed by atoms with Gasteiger partial charge in [-0.1, -0.05) is 17.3 Å². The van der Waals surface area contributed by atoms with Crippen LogP contribution in [0.15, 0.2) is 47.4 Å². The SMILES string of the molecule is Fc1cccc(CN2CCC3(CC2)CC(Cc2nc(-c4cnccn4)no2)CCO3)c1. The first-order chi connectivity index (χ1) is 15.2. The van der Waals surface area contributed by atoms with Crippen LogP contribution in [0.4, 0.5) is 4.39 Å². The maximum absolute atomic E-state index is 13.5. The maximum atomic E-state index is 13.5. The highest BCUT2D eigenvalue weighted by atomic mass is 19.1. The highest BCUT2D eigenvalue weighted by molar-refractivity contribution is 5.45. The van der Waals surface area contributed by atoms with E-state index in [1.165, 1.54) is 6.07 Å². The van der Waals surface area contributed by atoms with Gasteiger partial charge in [0.25, 0.3) is 0 Å². The molecule has 3 aromatic rings. The summed E-state index contributed by atoms with van der Waals surface area (Å²) in [6.07, 6.45) is 9.62. The molecule has 0 bridgehead atoms. The molecule has 0 saturated carbocycles. The average Bonchev–Trinajstić information content (AvgIpc) is 3.25. The van der Waals surface area contributed by atoms with E-state index in [9.17, 15) is 4.39 Å². The van der Waals surface area contributed by atoms with E-state index in [4.69, 9.17) is 9.26 Å². The minimum atomic E-state index is -0.173. The quantitative estimate of drug-likeness (QED) is 0.620. The standard InChI is InChI=1S/C23H26FN5O2/c24-19-3-1-2-18(12-19)16-29-9-5-23(6-10-29)14-17(4-11-30-23)13-21-27-22(28-31-21)20-15-25-7-8-26-20/h1-3,7-8,12,15,17H,4-6,9-11,13-14,16H2. The predicted molar refractivity (Wildman–Crippen MR) is 111 cm³/mol. The van der Waals surface area contributed by atoms with Crippen LogP contribution in [0.2, 0.25) is 0 Å². The first-order valence-electron chi connectivity index (χ1n) is 10.9. The molecule has 0 amide bonds. The molecule has 1 spiro atoms. The van der Waals surface area contributed by atoms with Gasteiger partial charge in [0.2, 0.25) is 11.7 Å². The molecular formula is C23H26FN5O2. The van der Waals surface area contributed by atoms with Crippen LogP contribution in [0, 0.1) is 11.7 Å². The Kier molecular flexibility index (Phi) is 5.74. The largest absolute Gasteiger partial charge is 0.375 e. The van der Waals surface area contributed by atoms with E-state index in [2.05, 4.69) is 25.0 Å². The van der Waals surface area contributed by atoms with Gasteiger partial charge in [-0.05, 0) is 49.3 Å². The molecule has 1 aromatic carbocycles. The lowest BCUT2D eigenvalue weighted by molar-refractivity contribution is -0.128. The minimum Gasteiger partial charge on any atom is -0.375 e.